The highest BCUT2D eigenvalue weighted by Crippen LogP contribution is 2.30. The van der Waals surface area contributed by atoms with Crippen LogP contribution in [0.1, 0.15) is 50.5 Å². The van der Waals surface area contributed by atoms with Crippen molar-refractivity contribution in [2.24, 2.45) is 12.5 Å². The second-order valence-electron chi connectivity index (χ2n) is 10.1. The Kier molecular flexibility index (Phi) is 5.31. The van der Waals surface area contributed by atoms with Crippen molar-refractivity contribution in [1.82, 2.24) is 25.0 Å². The van der Waals surface area contributed by atoms with Crippen LogP contribution in [0.25, 0.3) is 0 Å². The van der Waals surface area contributed by atoms with Gasteiger partial charge < -0.3 is 25.0 Å². The standard InChI is InChI=1S/C22H31N5O4/c1-22(2,3)11-17(28)23-13-10-16-19(29)24-14-7-9-26(18(14)21(31)27(16)12-13)20(30)15-6-5-8-25(15)4/h5-6,8,13-14,16,18H,7,9-12H2,1-4H3,(H,23,28)(H,24,29). The number of likely N-dealkylation sites (tertiary alicyclic amines) is 1. The third-order valence-corrected chi connectivity index (χ3v) is 6.35. The van der Waals surface area contributed by atoms with Crippen molar-refractivity contribution in [3.8, 4) is 0 Å². The van der Waals surface area contributed by atoms with Crippen LogP contribution in [0.4, 0.5) is 0 Å². The van der Waals surface area contributed by atoms with Crippen molar-refractivity contribution in [1.29, 1.82) is 0 Å². The molecule has 3 aliphatic heterocycles. The minimum atomic E-state index is -0.722. The van der Waals surface area contributed by atoms with Crippen molar-refractivity contribution in [2.45, 2.75) is 64.2 Å². The van der Waals surface area contributed by atoms with Crippen LogP contribution in [-0.2, 0) is 21.4 Å². The molecule has 0 aromatic carbocycles. The van der Waals surface area contributed by atoms with Crippen molar-refractivity contribution >= 4 is 23.6 Å². The first-order valence-electron chi connectivity index (χ1n) is 10.9. The fraction of sp³-hybridized carbons (Fsp3) is 0.636. The minimum Gasteiger partial charge on any atom is -0.351 e. The molecule has 4 rings (SSSR count). The molecule has 168 valence electrons. The van der Waals surface area contributed by atoms with E-state index in [1.165, 1.54) is 0 Å². The van der Waals surface area contributed by atoms with Crippen LogP contribution in [-0.4, -0.2) is 75.3 Å². The average molecular weight is 430 g/mol. The van der Waals surface area contributed by atoms with Crippen molar-refractivity contribution in [3.05, 3.63) is 24.0 Å². The van der Waals surface area contributed by atoms with Gasteiger partial charge in [0.2, 0.25) is 17.7 Å². The molecular weight excluding hydrogens is 398 g/mol. The van der Waals surface area contributed by atoms with Gasteiger partial charge in [0.1, 0.15) is 17.8 Å². The van der Waals surface area contributed by atoms with E-state index >= 15 is 0 Å². The zero-order valence-corrected chi connectivity index (χ0v) is 18.6. The fourth-order valence-corrected chi connectivity index (χ4v) is 4.95. The summed E-state index contributed by atoms with van der Waals surface area (Å²) >= 11 is 0. The smallest absolute Gasteiger partial charge is 0.271 e. The van der Waals surface area contributed by atoms with Crippen LogP contribution in [0, 0.1) is 5.41 Å². The van der Waals surface area contributed by atoms with E-state index < -0.39 is 12.1 Å². The maximum absolute atomic E-state index is 13.5. The summed E-state index contributed by atoms with van der Waals surface area (Å²) in [5, 5.41) is 5.96. The molecule has 0 bridgehead atoms. The van der Waals surface area contributed by atoms with Gasteiger partial charge in [-0.15, -0.1) is 0 Å². The summed E-state index contributed by atoms with van der Waals surface area (Å²) in [4.78, 5) is 55.0. The number of carbonyl (C=O) groups excluding carboxylic acids is 4. The number of aryl methyl sites for hydroxylation is 1. The van der Waals surface area contributed by atoms with Crippen molar-refractivity contribution in [3.63, 3.8) is 0 Å². The first-order chi connectivity index (χ1) is 14.5. The lowest BCUT2D eigenvalue weighted by Crippen LogP contribution is -2.52. The predicted octanol–water partition coefficient (Wildman–Crippen LogP) is 0.260. The summed E-state index contributed by atoms with van der Waals surface area (Å²) in [6.45, 7) is 6.66. The SMILES string of the molecule is Cn1cccc1C(=O)N1CCC2NC(=O)C3CC(NC(=O)CC(C)(C)C)CN3C(=O)C21. The number of hydrogen-bond acceptors (Lipinski definition) is 4. The summed E-state index contributed by atoms with van der Waals surface area (Å²) in [5.74, 6) is -0.722. The molecule has 31 heavy (non-hydrogen) atoms. The van der Waals surface area contributed by atoms with Gasteiger partial charge in [-0.25, -0.2) is 0 Å². The first-order valence-corrected chi connectivity index (χ1v) is 10.9. The maximum Gasteiger partial charge on any atom is 0.271 e. The molecule has 1 aromatic rings. The van der Waals surface area contributed by atoms with Crippen LogP contribution in [0.2, 0.25) is 0 Å². The normalized spacial score (nSPS) is 28.1. The molecule has 3 aliphatic rings. The van der Waals surface area contributed by atoms with Gasteiger partial charge >= 0.3 is 0 Å². The van der Waals surface area contributed by atoms with E-state index in [0.29, 0.717) is 31.5 Å². The number of hydrogen-bond donors (Lipinski definition) is 2. The van der Waals surface area contributed by atoms with Gasteiger partial charge in [0.25, 0.3) is 5.91 Å². The van der Waals surface area contributed by atoms with E-state index in [-0.39, 0.29) is 47.7 Å². The van der Waals surface area contributed by atoms with E-state index in [1.807, 2.05) is 20.8 Å². The molecule has 4 heterocycles. The van der Waals surface area contributed by atoms with Crippen LogP contribution < -0.4 is 10.6 Å². The zero-order chi connectivity index (χ0) is 22.5. The number of nitrogens with one attached hydrogen (secondary N) is 2. The zero-order valence-electron chi connectivity index (χ0n) is 18.6. The predicted molar refractivity (Wildman–Crippen MR) is 113 cm³/mol. The number of aromatic nitrogens is 1. The Bertz CT molecular complexity index is 917. The minimum absolute atomic E-state index is 0.0812. The second kappa shape index (κ2) is 7.69. The second-order valence-corrected chi connectivity index (χ2v) is 10.1. The molecule has 0 radical (unpaired) electrons. The Hall–Kier alpha value is -2.84. The number of rotatable bonds is 3. The molecule has 4 unspecified atom stereocenters. The van der Waals surface area contributed by atoms with Crippen LogP contribution >= 0.6 is 0 Å². The number of carbonyl (C=O) groups is 4. The molecule has 9 heteroatoms. The van der Waals surface area contributed by atoms with E-state index in [2.05, 4.69) is 10.6 Å². The topological polar surface area (TPSA) is 104 Å². The lowest BCUT2D eigenvalue weighted by molar-refractivity contribution is -0.138. The molecule has 0 saturated carbocycles. The van der Waals surface area contributed by atoms with Crippen molar-refractivity contribution in [2.75, 3.05) is 13.1 Å². The molecule has 0 spiro atoms. The lowest BCUT2D eigenvalue weighted by atomic mass is 9.92. The third-order valence-electron chi connectivity index (χ3n) is 6.35. The van der Waals surface area contributed by atoms with E-state index in [1.54, 1.807) is 39.7 Å². The molecule has 4 atom stereocenters. The highest BCUT2D eigenvalue weighted by atomic mass is 16.2. The number of nitrogens with zero attached hydrogens (tertiary/aromatic N) is 3. The van der Waals surface area contributed by atoms with Gasteiger partial charge in [0.15, 0.2) is 0 Å². The van der Waals surface area contributed by atoms with Crippen LogP contribution in [0.5, 0.6) is 0 Å². The summed E-state index contributed by atoms with van der Waals surface area (Å²) in [7, 11) is 1.79. The average Bonchev–Trinajstić information content (AvgIpc) is 3.36. The molecule has 3 saturated heterocycles. The Morgan fingerprint density at radius 2 is 2.00 bits per heavy atom. The van der Waals surface area contributed by atoms with Gasteiger partial charge in [-0.3, -0.25) is 19.2 Å². The number of amides is 4. The maximum atomic E-state index is 13.5. The van der Waals surface area contributed by atoms with Gasteiger partial charge in [0, 0.05) is 38.8 Å². The van der Waals surface area contributed by atoms with E-state index in [4.69, 9.17) is 0 Å². The Morgan fingerprint density at radius 3 is 2.65 bits per heavy atom. The summed E-state index contributed by atoms with van der Waals surface area (Å²) in [5.41, 5.74) is 0.365. The Balaban J connectivity index is 1.51. The fourth-order valence-electron chi connectivity index (χ4n) is 4.95. The molecular formula is C22H31N5O4. The highest BCUT2D eigenvalue weighted by Gasteiger charge is 2.52. The lowest BCUT2D eigenvalue weighted by Gasteiger charge is -2.29. The van der Waals surface area contributed by atoms with Crippen LogP contribution in [0.15, 0.2) is 18.3 Å². The monoisotopic (exact) mass is 429 g/mol. The van der Waals surface area contributed by atoms with Crippen LogP contribution in [0.3, 0.4) is 0 Å². The highest BCUT2D eigenvalue weighted by molar-refractivity contribution is 6.00. The van der Waals surface area contributed by atoms with Crippen molar-refractivity contribution < 1.29 is 19.2 Å². The van der Waals surface area contributed by atoms with Gasteiger partial charge in [0.05, 0.1) is 6.04 Å². The Morgan fingerprint density at radius 1 is 1.26 bits per heavy atom. The molecule has 4 amide bonds. The summed E-state index contributed by atoms with van der Waals surface area (Å²) in [6.07, 6.45) is 3.10. The Labute approximate surface area is 182 Å². The van der Waals surface area contributed by atoms with E-state index in [9.17, 15) is 19.2 Å². The molecule has 3 fully saturated rings. The van der Waals surface area contributed by atoms with Gasteiger partial charge in [-0.05, 0) is 30.4 Å². The molecule has 0 aliphatic carbocycles. The van der Waals surface area contributed by atoms with Gasteiger partial charge in [-0.2, -0.15) is 0 Å². The summed E-state index contributed by atoms with van der Waals surface area (Å²) in [6, 6.07) is 1.52. The third kappa shape index (κ3) is 4.05. The molecule has 2 N–H and O–H groups in total. The quantitative estimate of drug-likeness (QED) is 0.719. The molecule has 9 nitrogen and oxygen atoms in total. The largest absolute Gasteiger partial charge is 0.351 e. The molecule has 1 aromatic heterocycles. The summed E-state index contributed by atoms with van der Waals surface area (Å²) < 4.78 is 1.73. The van der Waals surface area contributed by atoms with Gasteiger partial charge in [-0.1, -0.05) is 20.8 Å². The van der Waals surface area contributed by atoms with E-state index in [0.717, 1.165) is 0 Å². The first kappa shape index (κ1) is 21.4. The number of fused-ring (bicyclic) bond motifs is 2.